The topological polar surface area (TPSA) is 103 Å². The fourth-order valence-corrected chi connectivity index (χ4v) is 5.27. The first-order valence-electron chi connectivity index (χ1n) is 12.2. The summed E-state index contributed by atoms with van der Waals surface area (Å²) in [5, 5.41) is 2.80. The molecule has 0 unspecified atom stereocenters. The summed E-state index contributed by atoms with van der Waals surface area (Å²) in [7, 11) is 1.48. The van der Waals surface area contributed by atoms with Crippen LogP contribution >= 0.6 is 23.4 Å². The lowest BCUT2D eigenvalue weighted by molar-refractivity contribution is -0.123. The van der Waals surface area contributed by atoms with Gasteiger partial charge in [0.2, 0.25) is 6.79 Å². The van der Waals surface area contributed by atoms with Crippen LogP contribution in [-0.4, -0.2) is 42.5 Å². The molecule has 1 saturated heterocycles. The van der Waals surface area contributed by atoms with Gasteiger partial charge in [0.15, 0.2) is 29.6 Å². The van der Waals surface area contributed by atoms with Crippen LogP contribution < -0.4 is 24.3 Å². The molecular weight excluding hydrogens is 556 g/mol. The number of hydrogen-bond donors (Lipinski definition) is 1. The third-order valence-corrected chi connectivity index (χ3v) is 7.50. The predicted octanol–water partition coefficient (Wildman–Crippen LogP) is 5.95. The lowest BCUT2D eigenvalue weighted by Gasteiger charge is -2.14. The Morgan fingerprint density at radius 3 is 2.60 bits per heavy atom. The molecule has 3 amide bonds. The van der Waals surface area contributed by atoms with Crippen molar-refractivity contribution in [2.45, 2.75) is 20.4 Å². The van der Waals surface area contributed by atoms with E-state index in [1.165, 1.54) is 7.11 Å². The number of fused-ring (bicyclic) bond motifs is 1. The van der Waals surface area contributed by atoms with Crippen molar-refractivity contribution in [3.63, 3.8) is 0 Å². The zero-order chi connectivity index (χ0) is 28.4. The van der Waals surface area contributed by atoms with Crippen molar-refractivity contribution in [2.24, 2.45) is 0 Å². The molecule has 0 atom stereocenters. The fraction of sp³-hybridized carbons (Fsp3) is 0.207. The molecule has 1 fully saturated rings. The third-order valence-electron chi connectivity index (χ3n) is 6.24. The van der Waals surface area contributed by atoms with Gasteiger partial charge in [-0.15, -0.1) is 0 Å². The number of imide groups is 1. The van der Waals surface area contributed by atoms with E-state index >= 15 is 0 Å². The number of benzene rings is 3. The normalized spacial score (nSPS) is 15.1. The third kappa shape index (κ3) is 5.88. The number of methoxy groups -OCH3 is 1. The number of carbonyl (C=O) groups is 3. The SMILES string of the molecule is COc1cc(/C=C2\SC(=O)N(Cc3cc4c(cc3Cl)OCO4)C2=O)ccc1OCC(=O)Nc1ccc(C)cc1C. The molecule has 40 heavy (non-hydrogen) atoms. The van der Waals surface area contributed by atoms with E-state index in [0.29, 0.717) is 39.1 Å². The van der Waals surface area contributed by atoms with Gasteiger partial charge in [0.25, 0.3) is 17.1 Å². The van der Waals surface area contributed by atoms with Crippen LogP contribution in [0.15, 0.2) is 53.4 Å². The summed E-state index contributed by atoms with van der Waals surface area (Å²) in [5.74, 6) is 1.02. The van der Waals surface area contributed by atoms with Crippen molar-refractivity contribution >= 4 is 52.2 Å². The van der Waals surface area contributed by atoms with Crippen LogP contribution in [0, 0.1) is 13.8 Å². The van der Waals surface area contributed by atoms with Gasteiger partial charge in [-0.25, -0.2) is 0 Å². The maximum Gasteiger partial charge on any atom is 0.293 e. The van der Waals surface area contributed by atoms with Gasteiger partial charge in [-0.2, -0.15) is 0 Å². The first-order chi connectivity index (χ1) is 19.2. The second-order valence-electron chi connectivity index (χ2n) is 9.13. The monoisotopic (exact) mass is 580 g/mol. The van der Waals surface area contributed by atoms with E-state index in [1.54, 1.807) is 36.4 Å². The molecule has 0 spiro atoms. The van der Waals surface area contributed by atoms with E-state index in [9.17, 15) is 14.4 Å². The largest absolute Gasteiger partial charge is 0.493 e. The van der Waals surface area contributed by atoms with Crippen LogP contribution in [-0.2, 0) is 16.1 Å². The molecule has 3 aromatic rings. The Labute approximate surface area is 240 Å². The number of rotatable bonds is 8. The Bertz CT molecular complexity index is 1560. The highest BCUT2D eigenvalue weighted by Gasteiger charge is 2.35. The number of aryl methyl sites for hydroxylation is 2. The summed E-state index contributed by atoms with van der Waals surface area (Å²) in [6.07, 6.45) is 1.60. The second-order valence-corrected chi connectivity index (χ2v) is 10.5. The van der Waals surface area contributed by atoms with E-state index in [0.717, 1.165) is 33.5 Å². The Morgan fingerprint density at radius 2 is 1.85 bits per heavy atom. The van der Waals surface area contributed by atoms with Gasteiger partial charge in [0.05, 0.1) is 18.6 Å². The number of thioether (sulfide) groups is 1. The molecule has 11 heteroatoms. The molecular formula is C29H25ClN2O7S. The van der Waals surface area contributed by atoms with Crippen LogP contribution in [0.25, 0.3) is 6.08 Å². The average Bonchev–Trinajstić information content (AvgIpc) is 3.48. The van der Waals surface area contributed by atoms with E-state index in [2.05, 4.69) is 5.32 Å². The van der Waals surface area contributed by atoms with Crippen molar-refractivity contribution in [3.8, 4) is 23.0 Å². The molecule has 2 aliphatic heterocycles. The Hall–Kier alpha value is -4.15. The number of halogens is 1. The Kier molecular flexibility index (Phi) is 7.90. The Balaban J connectivity index is 1.25. The van der Waals surface area contributed by atoms with E-state index in [4.69, 9.17) is 30.5 Å². The lowest BCUT2D eigenvalue weighted by atomic mass is 10.1. The smallest absolute Gasteiger partial charge is 0.293 e. The minimum absolute atomic E-state index is 0.00223. The number of ether oxygens (including phenoxy) is 4. The summed E-state index contributed by atoms with van der Waals surface area (Å²) in [4.78, 5) is 39.6. The quantitative estimate of drug-likeness (QED) is 0.326. The Morgan fingerprint density at radius 1 is 1.07 bits per heavy atom. The molecule has 9 nitrogen and oxygen atoms in total. The predicted molar refractivity (Wildman–Crippen MR) is 152 cm³/mol. The summed E-state index contributed by atoms with van der Waals surface area (Å²) in [5.41, 5.74) is 3.97. The van der Waals surface area contributed by atoms with Crippen molar-refractivity contribution in [3.05, 3.63) is 80.7 Å². The molecule has 5 rings (SSSR count). The number of hydrogen-bond acceptors (Lipinski definition) is 8. The van der Waals surface area contributed by atoms with Crippen molar-refractivity contribution in [2.75, 3.05) is 25.8 Å². The maximum absolute atomic E-state index is 13.1. The molecule has 3 aromatic carbocycles. The molecule has 1 N–H and O–H groups in total. The van der Waals surface area contributed by atoms with E-state index in [1.807, 2.05) is 32.0 Å². The maximum atomic E-state index is 13.1. The fourth-order valence-electron chi connectivity index (χ4n) is 4.22. The summed E-state index contributed by atoms with van der Waals surface area (Å²) < 4.78 is 21.8. The zero-order valence-electron chi connectivity index (χ0n) is 21.9. The van der Waals surface area contributed by atoms with Gasteiger partial charge in [0.1, 0.15) is 0 Å². The average molecular weight is 581 g/mol. The molecule has 0 radical (unpaired) electrons. The number of anilines is 1. The molecule has 2 heterocycles. The second kappa shape index (κ2) is 11.5. The molecule has 0 saturated carbocycles. The molecule has 0 bridgehead atoms. The highest BCUT2D eigenvalue weighted by molar-refractivity contribution is 8.18. The van der Waals surface area contributed by atoms with Crippen LogP contribution in [0.5, 0.6) is 23.0 Å². The number of carbonyl (C=O) groups excluding carboxylic acids is 3. The van der Waals surface area contributed by atoms with Gasteiger partial charge in [0, 0.05) is 16.8 Å². The van der Waals surface area contributed by atoms with Gasteiger partial charge < -0.3 is 24.3 Å². The first kappa shape index (κ1) is 27.4. The number of amides is 3. The molecule has 2 aliphatic rings. The van der Waals surface area contributed by atoms with Crippen molar-refractivity contribution in [1.29, 1.82) is 0 Å². The van der Waals surface area contributed by atoms with Gasteiger partial charge in [-0.05, 0) is 72.6 Å². The summed E-state index contributed by atoms with van der Waals surface area (Å²) in [6.45, 7) is 3.78. The minimum atomic E-state index is -0.439. The minimum Gasteiger partial charge on any atom is -0.493 e. The van der Waals surface area contributed by atoms with Crippen LogP contribution in [0.1, 0.15) is 22.3 Å². The van der Waals surface area contributed by atoms with Crippen LogP contribution in [0.2, 0.25) is 5.02 Å². The number of nitrogens with zero attached hydrogens (tertiary/aromatic N) is 1. The highest BCUT2D eigenvalue weighted by Crippen LogP contribution is 2.40. The molecule has 0 aliphatic carbocycles. The zero-order valence-corrected chi connectivity index (χ0v) is 23.5. The first-order valence-corrected chi connectivity index (χ1v) is 13.4. The highest BCUT2D eigenvalue weighted by atomic mass is 35.5. The van der Waals surface area contributed by atoms with E-state index < -0.39 is 11.1 Å². The molecule has 0 aromatic heterocycles. The van der Waals surface area contributed by atoms with Crippen molar-refractivity contribution < 1.29 is 33.3 Å². The van der Waals surface area contributed by atoms with Gasteiger partial charge in [-0.1, -0.05) is 35.4 Å². The van der Waals surface area contributed by atoms with Gasteiger partial charge in [-0.3, -0.25) is 19.3 Å². The van der Waals surface area contributed by atoms with Crippen LogP contribution in [0.3, 0.4) is 0 Å². The number of nitrogens with one attached hydrogen (secondary N) is 1. The molecule has 206 valence electrons. The standard InChI is InChI=1S/C29H25ClN2O7S/c1-16-4-6-21(17(2)8-16)31-27(33)14-37-22-7-5-18(9-23(22)36-3)10-26-28(34)32(29(35)40-26)13-19-11-24-25(12-20(19)30)39-15-38-24/h4-12H,13-15H2,1-3H3,(H,31,33)/b26-10-. The summed E-state index contributed by atoms with van der Waals surface area (Å²) in [6, 6.07) is 14.1. The van der Waals surface area contributed by atoms with E-state index in [-0.39, 0.29) is 30.8 Å². The summed E-state index contributed by atoms with van der Waals surface area (Å²) >= 11 is 7.17. The van der Waals surface area contributed by atoms with Gasteiger partial charge >= 0.3 is 0 Å². The lowest BCUT2D eigenvalue weighted by Crippen LogP contribution is -2.27. The van der Waals surface area contributed by atoms with Crippen LogP contribution in [0.4, 0.5) is 10.5 Å². The van der Waals surface area contributed by atoms with Crippen molar-refractivity contribution in [1.82, 2.24) is 4.90 Å².